The van der Waals surface area contributed by atoms with E-state index in [2.05, 4.69) is 22.0 Å². The lowest BCUT2D eigenvalue weighted by Gasteiger charge is -2.28. The van der Waals surface area contributed by atoms with Crippen LogP contribution in [-0.2, 0) is 5.41 Å². The highest BCUT2D eigenvalue weighted by atomic mass is 79.9. The van der Waals surface area contributed by atoms with E-state index in [0.29, 0.717) is 0 Å². The van der Waals surface area contributed by atoms with Gasteiger partial charge in [-0.25, -0.2) is 0 Å². The fraction of sp³-hybridized carbons (Fsp3) is 0.316. The maximum Gasteiger partial charge on any atom is 0.119 e. The molecule has 0 amide bonds. The molecule has 2 aromatic rings. The topological polar surface area (TPSA) is 33.0 Å². The molecule has 0 N–H and O–H groups in total. The Morgan fingerprint density at radius 3 is 2.41 bits per heavy atom. The van der Waals surface area contributed by atoms with Crippen molar-refractivity contribution in [3.05, 3.63) is 65.7 Å². The zero-order valence-electron chi connectivity index (χ0n) is 12.8. The molecule has 2 rings (SSSR count). The molecule has 0 aliphatic carbocycles. The predicted octanol–water partition coefficient (Wildman–Crippen LogP) is 5.07. The maximum atomic E-state index is 10.0. The van der Waals surface area contributed by atoms with Gasteiger partial charge < -0.3 is 4.74 Å². The van der Waals surface area contributed by atoms with Gasteiger partial charge in [-0.15, -0.1) is 0 Å². The van der Waals surface area contributed by atoms with Crippen LogP contribution in [0.15, 0.2) is 54.6 Å². The van der Waals surface area contributed by atoms with E-state index in [-0.39, 0.29) is 0 Å². The van der Waals surface area contributed by atoms with Gasteiger partial charge in [-0.05, 0) is 36.1 Å². The second-order valence-electron chi connectivity index (χ2n) is 5.26. The van der Waals surface area contributed by atoms with E-state index in [1.54, 1.807) is 7.11 Å². The first-order valence-corrected chi connectivity index (χ1v) is 8.56. The Kier molecular flexibility index (Phi) is 6.03. The van der Waals surface area contributed by atoms with Crippen molar-refractivity contribution in [1.82, 2.24) is 0 Å². The SMILES string of the molecule is COc1cccc([C@@](C#N)(CCCCBr)c2ccccc2)c1. The Labute approximate surface area is 140 Å². The minimum Gasteiger partial charge on any atom is -0.497 e. The molecule has 2 nitrogen and oxygen atoms in total. The van der Waals surface area contributed by atoms with Gasteiger partial charge in [0, 0.05) is 5.33 Å². The molecule has 0 bridgehead atoms. The van der Waals surface area contributed by atoms with Crippen LogP contribution in [0.2, 0.25) is 0 Å². The number of methoxy groups -OCH3 is 1. The number of hydrogen-bond acceptors (Lipinski definition) is 2. The number of rotatable bonds is 7. The lowest BCUT2D eigenvalue weighted by molar-refractivity contribution is 0.413. The predicted molar refractivity (Wildman–Crippen MR) is 93.5 cm³/mol. The molecule has 0 spiro atoms. The van der Waals surface area contributed by atoms with Crippen LogP contribution in [0, 0.1) is 11.3 Å². The fourth-order valence-electron chi connectivity index (χ4n) is 2.74. The number of nitriles is 1. The normalized spacial score (nSPS) is 13.1. The Morgan fingerprint density at radius 1 is 1.05 bits per heavy atom. The minimum atomic E-state index is -0.627. The summed E-state index contributed by atoms with van der Waals surface area (Å²) in [6.45, 7) is 0. The molecule has 1 atom stereocenters. The molecule has 2 aromatic carbocycles. The Morgan fingerprint density at radius 2 is 1.77 bits per heavy atom. The fourth-order valence-corrected chi connectivity index (χ4v) is 3.13. The highest BCUT2D eigenvalue weighted by Gasteiger charge is 2.34. The zero-order valence-corrected chi connectivity index (χ0v) is 14.3. The van der Waals surface area contributed by atoms with Crippen molar-refractivity contribution in [3.8, 4) is 11.8 Å². The number of alkyl halides is 1. The van der Waals surface area contributed by atoms with Gasteiger partial charge in [-0.2, -0.15) is 5.26 Å². The van der Waals surface area contributed by atoms with Crippen molar-refractivity contribution in [2.45, 2.75) is 24.7 Å². The van der Waals surface area contributed by atoms with Crippen molar-refractivity contribution >= 4 is 15.9 Å². The van der Waals surface area contributed by atoms with Crippen LogP contribution in [-0.4, -0.2) is 12.4 Å². The summed E-state index contributed by atoms with van der Waals surface area (Å²) in [5.74, 6) is 0.786. The van der Waals surface area contributed by atoms with E-state index in [0.717, 1.165) is 41.5 Å². The molecule has 0 saturated carbocycles. The second-order valence-corrected chi connectivity index (χ2v) is 6.05. The van der Waals surface area contributed by atoms with E-state index in [1.807, 2.05) is 54.6 Å². The summed E-state index contributed by atoms with van der Waals surface area (Å²) in [6.07, 6.45) is 2.84. The van der Waals surface area contributed by atoms with Crippen molar-refractivity contribution in [3.63, 3.8) is 0 Å². The van der Waals surface area contributed by atoms with E-state index in [1.165, 1.54) is 0 Å². The van der Waals surface area contributed by atoms with Gasteiger partial charge in [0.1, 0.15) is 11.2 Å². The van der Waals surface area contributed by atoms with Gasteiger partial charge in [0.15, 0.2) is 0 Å². The summed E-state index contributed by atoms with van der Waals surface area (Å²) in [6, 6.07) is 20.5. The van der Waals surface area contributed by atoms with Crippen molar-refractivity contribution < 1.29 is 4.74 Å². The van der Waals surface area contributed by atoms with Crippen LogP contribution in [0.25, 0.3) is 0 Å². The van der Waals surface area contributed by atoms with Gasteiger partial charge >= 0.3 is 0 Å². The molecule has 0 fully saturated rings. The van der Waals surface area contributed by atoms with E-state index < -0.39 is 5.41 Å². The van der Waals surface area contributed by atoms with E-state index in [4.69, 9.17) is 4.74 Å². The first-order valence-electron chi connectivity index (χ1n) is 7.44. The lowest BCUT2D eigenvalue weighted by atomic mass is 9.72. The van der Waals surface area contributed by atoms with Crippen LogP contribution in [0.5, 0.6) is 5.75 Å². The summed E-state index contributed by atoms with van der Waals surface area (Å²) < 4.78 is 5.34. The zero-order chi connectivity index (χ0) is 15.8. The molecule has 0 aromatic heterocycles. The number of unbranched alkanes of at least 4 members (excludes halogenated alkanes) is 1. The molecular formula is C19H20BrNO. The minimum absolute atomic E-state index is 0.627. The highest BCUT2D eigenvalue weighted by Crippen LogP contribution is 2.38. The smallest absolute Gasteiger partial charge is 0.119 e. The molecular weight excluding hydrogens is 338 g/mol. The lowest BCUT2D eigenvalue weighted by Crippen LogP contribution is -2.26. The molecule has 114 valence electrons. The van der Waals surface area contributed by atoms with Gasteiger partial charge in [-0.3, -0.25) is 0 Å². The average Bonchev–Trinajstić information content (AvgIpc) is 2.60. The summed E-state index contributed by atoms with van der Waals surface area (Å²) in [7, 11) is 1.65. The van der Waals surface area contributed by atoms with Crippen LogP contribution in [0.1, 0.15) is 30.4 Å². The Hall–Kier alpha value is -1.79. The number of hydrogen-bond donors (Lipinski definition) is 0. The number of nitrogens with zero attached hydrogens (tertiary/aromatic N) is 1. The molecule has 3 heteroatoms. The third-order valence-electron chi connectivity index (χ3n) is 3.96. The van der Waals surface area contributed by atoms with Crippen LogP contribution in [0.3, 0.4) is 0 Å². The molecule has 0 unspecified atom stereocenters. The number of benzene rings is 2. The molecule has 0 aliphatic heterocycles. The largest absolute Gasteiger partial charge is 0.497 e. The molecule has 0 heterocycles. The van der Waals surface area contributed by atoms with Crippen LogP contribution >= 0.6 is 15.9 Å². The summed E-state index contributed by atoms with van der Waals surface area (Å²) in [4.78, 5) is 0. The standard InChI is InChI=1S/C19H20BrNO/c1-22-18-11-7-10-17(14-18)19(15-21,12-5-6-13-20)16-8-3-2-4-9-16/h2-4,7-11,14H,5-6,12-13H2,1H3/t19-/m1/s1. The average molecular weight is 358 g/mol. The maximum absolute atomic E-state index is 10.0. The summed E-state index contributed by atoms with van der Waals surface area (Å²) >= 11 is 3.47. The number of ether oxygens (including phenoxy) is 1. The second kappa shape index (κ2) is 8.00. The van der Waals surface area contributed by atoms with Crippen molar-refractivity contribution in [2.24, 2.45) is 0 Å². The Bertz CT molecular complexity index is 635. The third kappa shape index (κ3) is 3.51. The Balaban J connectivity index is 2.50. The van der Waals surface area contributed by atoms with Crippen LogP contribution in [0.4, 0.5) is 0 Å². The first kappa shape index (κ1) is 16.6. The van der Waals surface area contributed by atoms with Gasteiger partial charge in [0.25, 0.3) is 0 Å². The summed E-state index contributed by atoms with van der Waals surface area (Å²) in [5.41, 5.74) is 1.41. The van der Waals surface area contributed by atoms with Gasteiger partial charge in [0.05, 0.1) is 13.2 Å². The molecule has 0 radical (unpaired) electrons. The highest BCUT2D eigenvalue weighted by molar-refractivity contribution is 9.09. The van der Waals surface area contributed by atoms with Gasteiger partial charge in [-0.1, -0.05) is 64.8 Å². The third-order valence-corrected chi connectivity index (χ3v) is 4.52. The van der Waals surface area contributed by atoms with Crippen molar-refractivity contribution in [2.75, 3.05) is 12.4 Å². The van der Waals surface area contributed by atoms with E-state index >= 15 is 0 Å². The number of halogens is 1. The first-order chi connectivity index (χ1) is 10.8. The van der Waals surface area contributed by atoms with Crippen LogP contribution < -0.4 is 4.74 Å². The van der Waals surface area contributed by atoms with E-state index in [9.17, 15) is 5.26 Å². The molecule has 0 aliphatic rings. The quantitative estimate of drug-likeness (QED) is 0.511. The monoisotopic (exact) mass is 357 g/mol. The van der Waals surface area contributed by atoms with Crippen molar-refractivity contribution in [1.29, 1.82) is 5.26 Å². The summed E-state index contributed by atoms with van der Waals surface area (Å²) in [5, 5.41) is 11.0. The molecule has 22 heavy (non-hydrogen) atoms. The van der Waals surface area contributed by atoms with Gasteiger partial charge in [0.2, 0.25) is 0 Å². The molecule has 0 saturated heterocycles.